The van der Waals surface area contributed by atoms with E-state index in [4.69, 9.17) is 18.9 Å². The molecule has 0 saturated carbocycles. The lowest BCUT2D eigenvalue weighted by Crippen LogP contribution is -2.13. The standard InChI is InChI=1S/C25H25N5O6S/c1-15(31)27-19-5-7-20(8-6-19)35-9-10-36-23-21(33-3)12-17(13-22(23)34-4)11-18(14-26)24(32)28-25-30-29-16(2)37-25/h5-8,11-13H,9-10H2,1-4H3,(H,27,31)(H,28,30,32). The largest absolute Gasteiger partial charge is 0.493 e. The molecule has 0 bridgehead atoms. The number of aryl methyl sites for hydroxylation is 1. The monoisotopic (exact) mass is 523 g/mol. The van der Waals surface area contributed by atoms with Gasteiger partial charge < -0.3 is 24.3 Å². The van der Waals surface area contributed by atoms with Crippen LogP contribution in [0.3, 0.4) is 0 Å². The summed E-state index contributed by atoms with van der Waals surface area (Å²) in [6, 6.07) is 12.1. The molecule has 1 aromatic heterocycles. The summed E-state index contributed by atoms with van der Waals surface area (Å²) in [6.07, 6.45) is 1.41. The van der Waals surface area contributed by atoms with Gasteiger partial charge in [0.25, 0.3) is 5.91 Å². The van der Waals surface area contributed by atoms with Gasteiger partial charge >= 0.3 is 0 Å². The lowest BCUT2D eigenvalue weighted by atomic mass is 10.1. The number of nitrogens with zero attached hydrogens (tertiary/aromatic N) is 3. The van der Waals surface area contributed by atoms with E-state index < -0.39 is 5.91 Å². The predicted octanol–water partition coefficient (Wildman–Crippen LogP) is 3.83. The van der Waals surface area contributed by atoms with Gasteiger partial charge in [-0.05, 0) is 55.0 Å². The van der Waals surface area contributed by atoms with Gasteiger partial charge in [0, 0.05) is 12.6 Å². The lowest BCUT2D eigenvalue weighted by Gasteiger charge is -2.16. The fraction of sp³-hybridized carbons (Fsp3) is 0.240. The maximum Gasteiger partial charge on any atom is 0.268 e. The number of aromatic nitrogens is 2. The third-order valence-electron chi connectivity index (χ3n) is 4.68. The smallest absolute Gasteiger partial charge is 0.268 e. The number of hydrogen-bond acceptors (Lipinski definition) is 10. The number of anilines is 2. The Morgan fingerprint density at radius 3 is 2.22 bits per heavy atom. The zero-order valence-corrected chi connectivity index (χ0v) is 21.5. The molecule has 3 aromatic rings. The second kappa shape index (κ2) is 12.9. The highest BCUT2D eigenvalue weighted by molar-refractivity contribution is 7.15. The molecule has 11 nitrogen and oxygen atoms in total. The lowest BCUT2D eigenvalue weighted by molar-refractivity contribution is -0.114. The van der Waals surface area contributed by atoms with Crippen LogP contribution in [0.4, 0.5) is 10.8 Å². The normalized spacial score (nSPS) is 10.7. The molecule has 0 atom stereocenters. The van der Waals surface area contributed by atoms with Gasteiger partial charge in [-0.2, -0.15) is 5.26 Å². The molecule has 0 unspecified atom stereocenters. The van der Waals surface area contributed by atoms with Crippen molar-refractivity contribution in [1.29, 1.82) is 5.26 Å². The molecule has 0 saturated heterocycles. The first-order valence-electron chi connectivity index (χ1n) is 11.0. The van der Waals surface area contributed by atoms with Crippen molar-refractivity contribution >= 4 is 40.0 Å². The van der Waals surface area contributed by atoms with Gasteiger partial charge in [-0.1, -0.05) is 11.3 Å². The first-order chi connectivity index (χ1) is 17.8. The fourth-order valence-electron chi connectivity index (χ4n) is 3.09. The zero-order valence-electron chi connectivity index (χ0n) is 20.7. The number of carbonyl (C=O) groups excluding carboxylic acids is 2. The first-order valence-corrected chi connectivity index (χ1v) is 11.8. The highest BCUT2D eigenvalue weighted by Crippen LogP contribution is 2.39. The molecule has 192 valence electrons. The van der Waals surface area contributed by atoms with Crippen LogP contribution in [0.25, 0.3) is 6.08 Å². The van der Waals surface area contributed by atoms with Gasteiger partial charge in [-0.15, -0.1) is 10.2 Å². The summed E-state index contributed by atoms with van der Waals surface area (Å²) >= 11 is 1.20. The zero-order chi connectivity index (χ0) is 26.8. The van der Waals surface area contributed by atoms with Crippen molar-refractivity contribution in [3.05, 3.63) is 52.5 Å². The maximum atomic E-state index is 12.5. The molecule has 0 spiro atoms. The summed E-state index contributed by atoms with van der Waals surface area (Å²) in [6.45, 7) is 3.62. The Labute approximate surface area is 217 Å². The maximum absolute atomic E-state index is 12.5. The summed E-state index contributed by atoms with van der Waals surface area (Å²) < 4.78 is 22.4. The molecule has 0 aliphatic carbocycles. The van der Waals surface area contributed by atoms with E-state index in [0.29, 0.717) is 44.4 Å². The number of amides is 2. The van der Waals surface area contributed by atoms with E-state index in [2.05, 4.69) is 20.8 Å². The minimum atomic E-state index is -0.612. The van der Waals surface area contributed by atoms with E-state index in [1.807, 2.05) is 6.07 Å². The van der Waals surface area contributed by atoms with Crippen LogP contribution in [0.1, 0.15) is 17.5 Å². The van der Waals surface area contributed by atoms with Gasteiger partial charge in [-0.3, -0.25) is 14.9 Å². The third-order valence-corrected chi connectivity index (χ3v) is 5.43. The van der Waals surface area contributed by atoms with Gasteiger partial charge in [-0.25, -0.2) is 0 Å². The Morgan fingerprint density at radius 2 is 1.68 bits per heavy atom. The highest BCUT2D eigenvalue weighted by atomic mass is 32.1. The molecule has 12 heteroatoms. The van der Waals surface area contributed by atoms with Gasteiger partial charge in [0.15, 0.2) is 11.5 Å². The van der Waals surface area contributed by atoms with Crippen molar-refractivity contribution in [2.45, 2.75) is 13.8 Å². The van der Waals surface area contributed by atoms with E-state index in [9.17, 15) is 14.9 Å². The first kappa shape index (κ1) is 27.0. The second-order valence-electron chi connectivity index (χ2n) is 7.41. The Bertz CT molecular complexity index is 1310. The number of hydrogen-bond donors (Lipinski definition) is 2. The molecule has 3 rings (SSSR count). The number of nitrogens with one attached hydrogen (secondary N) is 2. The van der Waals surface area contributed by atoms with Crippen molar-refractivity contribution in [3.8, 4) is 29.1 Å². The molecular formula is C25H25N5O6S. The van der Waals surface area contributed by atoms with Crippen LogP contribution in [0.2, 0.25) is 0 Å². The van der Waals surface area contributed by atoms with Gasteiger partial charge in [0.05, 0.1) is 14.2 Å². The molecule has 37 heavy (non-hydrogen) atoms. The topological polar surface area (TPSA) is 145 Å². The van der Waals surface area contributed by atoms with Crippen molar-refractivity contribution in [2.75, 3.05) is 38.1 Å². The molecular weight excluding hydrogens is 498 g/mol. The van der Waals surface area contributed by atoms with Crippen LogP contribution in [-0.4, -0.2) is 49.4 Å². The van der Waals surface area contributed by atoms with E-state index in [1.165, 1.54) is 38.6 Å². The Morgan fingerprint density at radius 1 is 1.03 bits per heavy atom. The number of carbonyl (C=O) groups is 2. The van der Waals surface area contributed by atoms with Crippen molar-refractivity contribution in [2.24, 2.45) is 0 Å². The van der Waals surface area contributed by atoms with Crippen LogP contribution in [0.5, 0.6) is 23.0 Å². The minimum absolute atomic E-state index is 0.136. The van der Waals surface area contributed by atoms with E-state index in [-0.39, 0.29) is 24.7 Å². The van der Waals surface area contributed by atoms with Gasteiger partial charge in [0.1, 0.15) is 35.6 Å². The van der Waals surface area contributed by atoms with E-state index >= 15 is 0 Å². The van der Waals surface area contributed by atoms with Crippen LogP contribution >= 0.6 is 11.3 Å². The molecule has 0 radical (unpaired) electrons. The van der Waals surface area contributed by atoms with Crippen LogP contribution in [-0.2, 0) is 9.59 Å². The molecule has 2 N–H and O–H groups in total. The van der Waals surface area contributed by atoms with Gasteiger partial charge in [0.2, 0.25) is 16.8 Å². The molecule has 2 aromatic carbocycles. The minimum Gasteiger partial charge on any atom is -0.493 e. The quantitative estimate of drug-likeness (QED) is 0.218. The summed E-state index contributed by atoms with van der Waals surface area (Å²) in [5.74, 6) is 0.897. The third kappa shape index (κ3) is 7.68. The molecule has 2 amide bonds. The predicted molar refractivity (Wildman–Crippen MR) is 138 cm³/mol. The second-order valence-corrected chi connectivity index (χ2v) is 8.59. The Kier molecular flexibility index (Phi) is 9.40. The number of ether oxygens (including phenoxy) is 4. The summed E-state index contributed by atoms with van der Waals surface area (Å²) in [5.41, 5.74) is 1.03. The number of rotatable bonds is 11. The van der Waals surface area contributed by atoms with Crippen LogP contribution < -0.4 is 29.6 Å². The summed E-state index contributed by atoms with van der Waals surface area (Å²) in [4.78, 5) is 23.6. The molecule has 1 heterocycles. The Hall–Kier alpha value is -4.63. The van der Waals surface area contributed by atoms with Crippen molar-refractivity contribution in [1.82, 2.24) is 10.2 Å². The van der Waals surface area contributed by atoms with Crippen molar-refractivity contribution < 1.29 is 28.5 Å². The number of nitriles is 1. The molecule has 0 fully saturated rings. The number of methoxy groups -OCH3 is 2. The van der Waals surface area contributed by atoms with Crippen LogP contribution in [0.15, 0.2) is 42.0 Å². The fourth-order valence-corrected chi connectivity index (χ4v) is 3.68. The number of benzene rings is 2. The van der Waals surface area contributed by atoms with Crippen LogP contribution in [0, 0.1) is 18.3 Å². The molecule has 0 aliphatic rings. The van der Waals surface area contributed by atoms with Crippen molar-refractivity contribution in [3.63, 3.8) is 0 Å². The van der Waals surface area contributed by atoms with E-state index in [1.54, 1.807) is 43.3 Å². The summed E-state index contributed by atoms with van der Waals surface area (Å²) in [7, 11) is 2.94. The summed E-state index contributed by atoms with van der Waals surface area (Å²) in [5, 5.41) is 23.4. The SMILES string of the molecule is COc1cc(C=C(C#N)C(=O)Nc2nnc(C)s2)cc(OC)c1OCCOc1ccc(NC(C)=O)cc1. The molecule has 0 aliphatic heterocycles. The highest BCUT2D eigenvalue weighted by Gasteiger charge is 2.17. The average Bonchev–Trinajstić information content (AvgIpc) is 3.29. The average molecular weight is 524 g/mol. The van der Waals surface area contributed by atoms with E-state index in [0.717, 1.165) is 0 Å². The Balaban J connectivity index is 1.67.